The van der Waals surface area contributed by atoms with Crippen LogP contribution in [0.1, 0.15) is 13.3 Å². The number of hydrogen-bond donors (Lipinski definition) is 3. The molecule has 2 amide bonds. The first-order valence-corrected chi connectivity index (χ1v) is 6.87. The van der Waals surface area contributed by atoms with Crippen molar-refractivity contribution in [3.8, 4) is 5.75 Å². The number of carboxylic acids is 1. The molecule has 0 aliphatic rings. The second-order valence-corrected chi connectivity index (χ2v) is 5.07. The quantitative estimate of drug-likeness (QED) is 0.740. The van der Waals surface area contributed by atoms with Gasteiger partial charge in [0.15, 0.2) is 0 Å². The molecule has 0 aliphatic heterocycles. The molecule has 20 heavy (non-hydrogen) atoms. The Labute approximate surface area is 125 Å². The zero-order valence-corrected chi connectivity index (χ0v) is 12.9. The third-order valence-electron chi connectivity index (χ3n) is 2.72. The van der Waals surface area contributed by atoms with Gasteiger partial charge in [-0.15, -0.1) is 0 Å². The number of anilines is 1. The largest absolute Gasteiger partial charge is 0.497 e. The summed E-state index contributed by atoms with van der Waals surface area (Å²) >= 11 is 3.31. The Kier molecular flexibility index (Phi) is 6.30. The van der Waals surface area contributed by atoms with Gasteiger partial charge in [0.05, 0.1) is 13.0 Å². The van der Waals surface area contributed by atoms with Crippen LogP contribution in [0.3, 0.4) is 0 Å². The number of carbonyl (C=O) groups is 2. The van der Waals surface area contributed by atoms with Crippen molar-refractivity contribution in [2.45, 2.75) is 13.3 Å². The number of hydrogen-bond acceptors (Lipinski definition) is 3. The van der Waals surface area contributed by atoms with Crippen molar-refractivity contribution in [3.63, 3.8) is 0 Å². The zero-order chi connectivity index (χ0) is 15.1. The van der Waals surface area contributed by atoms with Gasteiger partial charge in [0.1, 0.15) is 5.75 Å². The fourth-order valence-electron chi connectivity index (χ4n) is 1.55. The summed E-state index contributed by atoms with van der Waals surface area (Å²) in [5, 5.41) is 14.0. The first-order chi connectivity index (χ1) is 9.46. The van der Waals surface area contributed by atoms with E-state index in [0.29, 0.717) is 17.9 Å². The lowest BCUT2D eigenvalue weighted by atomic mass is 10.1. The highest BCUT2D eigenvalue weighted by atomic mass is 79.9. The van der Waals surface area contributed by atoms with Crippen LogP contribution in [0, 0.1) is 5.92 Å². The van der Waals surface area contributed by atoms with E-state index in [1.807, 2.05) is 0 Å². The Hall–Kier alpha value is -1.76. The number of aliphatic carboxylic acids is 1. The van der Waals surface area contributed by atoms with Gasteiger partial charge in [-0.1, -0.05) is 22.9 Å². The van der Waals surface area contributed by atoms with Crippen molar-refractivity contribution in [3.05, 3.63) is 22.7 Å². The van der Waals surface area contributed by atoms with Crippen molar-refractivity contribution in [2.24, 2.45) is 5.92 Å². The second-order valence-electron chi connectivity index (χ2n) is 4.16. The number of urea groups is 1. The highest BCUT2D eigenvalue weighted by molar-refractivity contribution is 9.10. The molecule has 1 aromatic carbocycles. The molecule has 6 nitrogen and oxygen atoms in total. The maximum atomic E-state index is 11.7. The molecule has 0 saturated heterocycles. The number of ether oxygens (including phenoxy) is 1. The predicted octanol–water partition coefficient (Wildman–Crippen LogP) is 2.69. The van der Waals surface area contributed by atoms with Crippen LogP contribution in [0.4, 0.5) is 10.5 Å². The third-order valence-corrected chi connectivity index (χ3v) is 3.17. The van der Waals surface area contributed by atoms with E-state index in [0.717, 1.165) is 4.47 Å². The molecule has 0 heterocycles. The summed E-state index contributed by atoms with van der Waals surface area (Å²) in [6.07, 6.45) is 0.459. The zero-order valence-electron chi connectivity index (χ0n) is 11.3. The molecular weight excluding hydrogens is 328 g/mol. The molecule has 0 aliphatic carbocycles. The number of carbonyl (C=O) groups excluding carboxylic acids is 1. The Morgan fingerprint density at radius 2 is 2.10 bits per heavy atom. The molecular formula is C13H17BrN2O4. The number of carboxylic acid groups (broad SMARTS) is 1. The fraction of sp³-hybridized carbons (Fsp3) is 0.385. The number of halogens is 1. The van der Waals surface area contributed by atoms with Crippen molar-refractivity contribution in [2.75, 3.05) is 19.0 Å². The molecule has 110 valence electrons. The lowest BCUT2D eigenvalue weighted by Gasteiger charge is -2.12. The van der Waals surface area contributed by atoms with Gasteiger partial charge in [-0.25, -0.2) is 4.79 Å². The normalized spacial score (nSPS) is 11.6. The van der Waals surface area contributed by atoms with Crippen LogP contribution in [-0.4, -0.2) is 30.8 Å². The van der Waals surface area contributed by atoms with Gasteiger partial charge >= 0.3 is 12.0 Å². The van der Waals surface area contributed by atoms with E-state index in [1.54, 1.807) is 25.1 Å². The molecule has 1 aromatic rings. The summed E-state index contributed by atoms with van der Waals surface area (Å²) in [6.45, 7) is 1.85. The molecule has 0 bridgehead atoms. The topological polar surface area (TPSA) is 87.7 Å². The second kappa shape index (κ2) is 7.74. The highest BCUT2D eigenvalue weighted by Gasteiger charge is 2.15. The van der Waals surface area contributed by atoms with E-state index < -0.39 is 17.9 Å². The summed E-state index contributed by atoms with van der Waals surface area (Å²) in [4.78, 5) is 22.5. The number of amides is 2. The van der Waals surface area contributed by atoms with Crippen LogP contribution in [0.5, 0.6) is 5.75 Å². The van der Waals surface area contributed by atoms with Crippen molar-refractivity contribution < 1.29 is 19.4 Å². The van der Waals surface area contributed by atoms with Crippen molar-refractivity contribution in [1.82, 2.24) is 5.32 Å². The predicted molar refractivity (Wildman–Crippen MR) is 79.1 cm³/mol. The lowest BCUT2D eigenvalue weighted by molar-refractivity contribution is -0.141. The fourth-order valence-corrected chi connectivity index (χ4v) is 2.02. The van der Waals surface area contributed by atoms with E-state index in [2.05, 4.69) is 26.6 Å². The number of nitrogens with one attached hydrogen (secondary N) is 2. The van der Waals surface area contributed by atoms with E-state index in [-0.39, 0.29) is 6.54 Å². The number of rotatable bonds is 6. The van der Waals surface area contributed by atoms with Gasteiger partial charge in [-0.3, -0.25) is 4.79 Å². The van der Waals surface area contributed by atoms with Crippen LogP contribution < -0.4 is 15.4 Å². The first-order valence-electron chi connectivity index (χ1n) is 6.08. The lowest BCUT2D eigenvalue weighted by Crippen LogP contribution is -2.35. The third kappa shape index (κ3) is 5.08. The molecule has 0 spiro atoms. The summed E-state index contributed by atoms with van der Waals surface area (Å²) in [6, 6.07) is 4.70. The highest BCUT2D eigenvalue weighted by Crippen LogP contribution is 2.24. The van der Waals surface area contributed by atoms with Gasteiger partial charge in [-0.2, -0.15) is 0 Å². The van der Waals surface area contributed by atoms with Gasteiger partial charge < -0.3 is 20.5 Å². The molecule has 0 aromatic heterocycles. The maximum Gasteiger partial charge on any atom is 0.319 e. The summed E-state index contributed by atoms with van der Waals surface area (Å²) in [5.41, 5.74) is 0.553. The standard InChI is InChI=1S/C13H17BrN2O4/c1-3-8(12(17)18)7-15-13(19)16-10-4-9(14)5-11(6-10)20-2/h4-6,8H,3,7H2,1-2H3,(H,17,18)(H2,15,16,19). The van der Waals surface area contributed by atoms with Gasteiger partial charge in [0.2, 0.25) is 0 Å². The molecule has 0 saturated carbocycles. The van der Waals surface area contributed by atoms with Gasteiger partial charge in [0.25, 0.3) is 0 Å². The van der Waals surface area contributed by atoms with E-state index in [4.69, 9.17) is 9.84 Å². The van der Waals surface area contributed by atoms with E-state index in [9.17, 15) is 9.59 Å². The number of benzene rings is 1. The molecule has 0 radical (unpaired) electrons. The average molecular weight is 345 g/mol. The Morgan fingerprint density at radius 3 is 2.65 bits per heavy atom. The van der Waals surface area contributed by atoms with Gasteiger partial charge in [0, 0.05) is 22.8 Å². The molecule has 7 heteroatoms. The Morgan fingerprint density at radius 1 is 1.40 bits per heavy atom. The first kappa shape index (κ1) is 16.3. The smallest absolute Gasteiger partial charge is 0.319 e. The van der Waals surface area contributed by atoms with Crippen molar-refractivity contribution in [1.29, 1.82) is 0 Å². The van der Waals surface area contributed by atoms with Crippen LogP contribution >= 0.6 is 15.9 Å². The van der Waals surface area contributed by atoms with E-state index in [1.165, 1.54) is 7.11 Å². The molecule has 3 N–H and O–H groups in total. The van der Waals surface area contributed by atoms with E-state index >= 15 is 0 Å². The monoisotopic (exact) mass is 344 g/mol. The SMILES string of the molecule is CCC(CNC(=O)Nc1cc(Br)cc(OC)c1)C(=O)O. The summed E-state index contributed by atoms with van der Waals surface area (Å²) < 4.78 is 5.85. The Bertz CT molecular complexity index is 493. The van der Waals surface area contributed by atoms with Gasteiger partial charge in [-0.05, 0) is 18.6 Å². The molecule has 0 fully saturated rings. The minimum atomic E-state index is -0.920. The summed E-state index contributed by atoms with van der Waals surface area (Å²) in [5.74, 6) is -0.902. The van der Waals surface area contributed by atoms with Crippen LogP contribution in [0.2, 0.25) is 0 Å². The average Bonchev–Trinajstić information content (AvgIpc) is 2.38. The van der Waals surface area contributed by atoms with Crippen LogP contribution in [0.15, 0.2) is 22.7 Å². The minimum Gasteiger partial charge on any atom is -0.497 e. The Balaban J connectivity index is 2.58. The minimum absolute atomic E-state index is 0.0861. The number of methoxy groups -OCH3 is 1. The molecule has 1 rings (SSSR count). The summed E-state index contributed by atoms with van der Waals surface area (Å²) in [7, 11) is 1.53. The maximum absolute atomic E-state index is 11.7. The van der Waals surface area contributed by atoms with Crippen LogP contribution in [-0.2, 0) is 4.79 Å². The van der Waals surface area contributed by atoms with Crippen molar-refractivity contribution >= 4 is 33.6 Å². The molecule has 1 atom stereocenters. The molecule has 1 unspecified atom stereocenters. The van der Waals surface area contributed by atoms with Crippen LogP contribution in [0.25, 0.3) is 0 Å².